The van der Waals surface area contributed by atoms with Crippen molar-refractivity contribution in [1.82, 2.24) is 10.3 Å². The lowest BCUT2D eigenvalue weighted by molar-refractivity contribution is 0.688. The Morgan fingerprint density at radius 2 is 2.12 bits per heavy atom. The molecule has 2 rings (SSSR count). The lowest BCUT2D eigenvalue weighted by Crippen LogP contribution is -2.13. The van der Waals surface area contributed by atoms with Gasteiger partial charge < -0.3 is 5.32 Å². The molecule has 0 aliphatic rings. The van der Waals surface area contributed by atoms with Crippen molar-refractivity contribution in [2.24, 2.45) is 0 Å². The first-order chi connectivity index (χ1) is 8.25. The maximum absolute atomic E-state index is 4.14. The average Bonchev–Trinajstić information content (AvgIpc) is 2.32. The van der Waals surface area contributed by atoms with Crippen molar-refractivity contribution in [1.29, 1.82) is 0 Å². The van der Waals surface area contributed by atoms with Gasteiger partial charge in [0.1, 0.15) is 0 Å². The second-order valence-electron chi connectivity index (χ2n) is 4.04. The van der Waals surface area contributed by atoms with E-state index in [0.29, 0.717) is 0 Å². The third-order valence-electron chi connectivity index (χ3n) is 2.68. The van der Waals surface area contributed by atoms with Gasteiger partial charge in [-0.1, -0.05) is 28.1 Å². The smallest absolute Gasteiger partial charge is 0.0315 e. The normalized spacial score (nSPS) is 10.5. The Bertz CT molecular complexity index is 497. The minimum Gasteiger partial charge on any atom is -0.309 e. The summed E-state index contributed by atoms with van der Waals surface area (Å²) in [6.45, 7) is 3.83. The summed E-state index contributed by atoms with van der Waals surface area (Å²) in [5, 5.41) is 3.43. The first-order valence-electron chi connectivity index (χ1n) is 5.60. The molecule has 0 fully saturated rings. The first-order valence-corrected chi connectivity index (χ1v) is 6.39. The van der Waals surface area contributed by atoms with Gasteiger partial charge in [-0.05, 0) is 41.8 Å². The van der Waals surface area contributed by atoms with Crippen LogP contribution < -0.4 is 5.32 Å². The zero-order chi connectivity index (χ0) is 12.1. The van der Waals surface area contributed by atoms with Gasteiger partial charge in [0.25, 0.3) is 0 Å². The number of aromatic nitrogens is 1. The van der Waals surface area contributed by atoms with Gasteiger partial charge in [-0.15, -0.1) is 0 Å². The van der Waals surface area contributed by atoms with E-state index in [4.69, 9.17) is 0 Å². The molecule has 17 heavy (non-hydrogen) atoms. The molecular weight excluding hydrogens is 276 g/mol. The Balaban J connectivity index is 1.90. The molecule has 2 nitrogen and oxygen atoms in total. The van der Waals surface area contributed by atoms with E-state index >= 15 is 0 Å². The fourth-order valence-corrected chi connectivity index (χ4v) is 2.12. The summed E-state index contributed by atoms with van der Waals surface area (Å²) in [6.07, 6.45) is 3.75. The van der Waals surface area contributed by atoms with Gasteiger partial charge in [0, 0.05) is 30.0 Å². The van der Waals surface area contributed by atoms with E-state index in [-0.39, 0.29) is 0 Å². The number of aryl methyl sites for hydroxylation is 1. The van der Waals surface area contributed by atoms with E-state index in [1.165, 1.54) is 16.7 Å². The lowest BCUT2D eigenvalue weighted by Gasteiger charge is -2.07. The number of hydrogen-bond donors (Lipinski definition) is 1. The summed E-state index contributed by atoms with van der Waals surface area (Å²) in [6, 6.07) is 10.4. The Labute approximate surface area is 110 Å². The predicted molar refractivity (Wildman–Crippen MR) is 73.7 cm³/mol. The molecule has 1 aromatic heterocycles. The summed E-state index contributed by atoms with van der Waals surface area (Å²) in [7, 11) is 0. The van der Waals surface area contributed by atoms with Crippen LogP contribution in [0.25, 0.3) is 0 Å². The highest BCUT2D eigenvalue weighted by Crippen LogP contribution is 2.11. The van der Waals surface area contributed by atoms with Crippen molar-refractivity contribution in [3.05, 3.63) is 63.9 Å². The molecule has 0 aliphatic heterocycles. The lowest BCUT2D eigenvalue weighted by atomic mass is 10.1. The van der Waals surface area contributed by atoms with Gasteiger partial charge in [-0.25, -0.2) is 0 Å². The van der Waals surface area contributed by atoms with Gasteiger partial charge in [-0.3, -0.25) is 4.98 Å². The number of nitrogens with zero attached hydrogens (tertiary/aromatic N) is 1. The Morgan fingerprint density at radius 3 is 2.88 bits per heavy atom. The summed E-state index contributed by atoms with van der Waals surface area (Å²) in [5.41, 5.74) is 3.81. The summed E-state index contributed by atoms with van der Waals surface area (Å²) in [5.74, 6) is 0. The molecule has 0 unspecified atom stereocenters. The monoisotopic (exact) mass is 290 g/mol. The zero-order valence-electron chi connectivity index (χ0n) is 9.78. The van der Waals surface area contributed by atoms with Gasteiger partial charge in [0.2, 0.25) is 0 Å². The summed E-state index contributed by atoms with van der Waals surface area (Å²) in [4.78, 5) is 4.14. The van der Waals surface area contributed by atoms with Gasteiger partial charge in [-0.2, -0.15) is 0 Å². The molecule has 1 heterocycles. The number of halogens is 1. The highest BCUT2D eigenvalue weighted by atomic mass is 79.9. The van der Waals surface area contributed by atoms with Crippen LogP contribution in [-0.4, -0.2) is 4.98 Å². The Hall–Kier alpha value is -1.19. The third kappa shape index (κ3) is 3.65. The molecule has 0 radical (unpaired) electrons. The largest absolute Gasteiger partial charge is 0.309 e. The number of pyridine rings is 1. The van der Waals surface area contributed by atoms with Crippen LogP contribution in [0.4, 0.5) is 0 Å². The minimum atomic E-state index is 0.853. The zero-order valence-corrected chi connectivity index (χ0v) is 11.4. The van der Waals surface area contributed by atoms with Gasteiger partial charge in [0.15, 0.2) is 0 Å². The maximum atomic E-state index is 4.14. The van der Waals surface area contributed by atoms with Crippen molar-refractivity contribution in [3.8, 4) is 0 Å². The number of hydrogen-bond acceptors (Lipinski definition) is 2. The second-order valence-corrected chi connectivity index (χ2v) is 4.95. The molecule has 0 saturated heterocycles. The van der Waals surface area contributed by atoms with Crippen LogP contribution in [0.1, 0.15) is 16.7 Å². The van der Waals surface area contributed by atoms with Crippen LogP contribution in [0, 0.1) is 6.92 Å². The molecular formula is C14H15BrN2. The summed E-state index contributed by atoms with van der Waals surface area (Å²) >= 11 is 3.47. The fourth-order valence-electron chi connectivity index (χ4n) is 1.67. The Kier molecular flexibility index (Phi) is 4.29. The van der Waals surface area contributed by atoms with E-state index < -0.39 is 0 Å². The molecule has 1 aromatic carbocycles. The van der Waals surface area contributed by atoms with Crippen LogP contribution in [0.2, 0.25) is 0 Å². The SMILES string of the molecule is Cc1ccncc1CNCc1cccc(Br)c1. The van der Waals surface area contributed by atoms with Crippen LogP contribution in [0.3, 0.4) is 0 Å². The van der Waals surface area contributed by atoms with Gasteiger partial charge >= 0.3 is 0 Å². The van der Waals surface area contributed by atoms with Crippen LogP contribution in [0.15, 0.2) is 47.2 Å². The Morgan fingerprint density at radius 1 is 1.24 bits per heavy atom. The molecule has 0 atom stereocenters. The standard InChI is InChI=1S/C14H15BrN2/c1-11-5-6-16-9-13(11)10-17-8-12-3-2-4-14(15)7-12/h2-7,9,17H,8,10H2,1H3. The van der Waals surface area contributed by atoms with Crippen molar-refractivity contribution < 1.29 is 0 Å². The minimum absolute atomic E-state index is 0.853. The summed E-state index contributed by atoms with van der Waals surface area (Å²) < 4.78 is 1.12. The highest BCUT2D eigenvalue weighted by molar-refractivity contribution is 9.10. The topological polar surface area (TPSA) is 24.9 Å². The van der Waals surface area contributed by atoms with E-state index in [0.717, 1.165) is 17.6 Å². The number of rotatable bonds is 4. The number of nitrogens with one attached hydrogen (secondary N) is 1. The molecule has 0 amide bonds. The van der Waals surface area contributed by atoms with Crippen molar-refractivity contribution in [2.45, 2.75) is 20.0 Å². The van der Waals surface area contributed by atoms with Crippen molar-refractivity contribution >= 4 is 15.9 Å². The molecule has 2 aromatic rings. The molecule has 0 saturated carbocycles. The second kappa shape index (κ2) is 5.94. The maximum Gasteiger partial charge on any atom is 0.0315 e. The fraction of sp³-hybridized carbons (Fsp3) is 0.214. The van der Waals surface area contributed by atoms with Crippen molar-refractivity contribution in [3.63, 3.8) is 0 Å². The number of benzene rings is 1. The average molecular weight is 291 g/mol. The van der Waals surface area contributed by atoms with Gasteiger partial charge in [0.05, 0.1) is 0 Å². The van der Waals surface area contributed by atoms with Crippen molar-refractivity contribution in [2.75, 3.05) is 0 Å². The molecule has 1 N–H and O–H groups in total. The molecule has 0 aliphatic carbocycles. The van der Waals surface area contributed by atoms with Crippen LogP contribution in [0.5, 0.6) is 0 Å². The van der Waals surface area contributed by atoms with E-state index in [9.17, 15) is 0 Å². The van der Waals surface area contributed by atoms with E-state index in [2.05, 4.69) is 51.4 Å². The third-order valence-corrected chi connectivity index (χ3v) is 3.17. The quantitative estimate of drug-likeness (QED) is 0.933. The highest BCUT2D eigenvalue weighted by Gasteiger charge is 1.98. The van der Waals surface area contributed by atoms with Crippen LogP contribution in [-0.2, 0) is 13.1 Å². The molecule has 0 bridgehead atoms. The first kappa shape index (κ1) is 12.3. The predicted octanol–water partition coefficient (Wildman–Crippen LogP) is 3.44. The van der Waals surface area contributed by atoms with Crippen LogP contribution >= 0.6 is 15.9 Å². The van der Waals surface area contributed by atoms with E-state index in [1.807, 2.05) is 24.5 Å². The molecule has 88 valence electrons. The van der Waals surface area contributed by atoms with E-state index in [1.54, 1.807) is 0 Å². The molecule has 3 heteroatoms. The molecule has 0 spiro atoms.